The molecule has 14 heteroatoms. The molecule has 0 fully saturated rings. The van der Waals surface area contributed by atoms with Crippen molar-refractivity contribution in [1.29, 1.82) is 0 Å². The largest absolute Gasteiger partial charge is 0.439 e. The monoisotopic (exact) mass is 762 g/mol. The van der Waals surface area contributed by atoms with Crippen molar-refractivity contribution in [2.75, 3.05) is 23.0 Å². The van der Waals surface area contributed by atoms with Gasteiger partial charge in [0.25, 0.3) is 25.2 Å². The molecule has 0 atom stereocenters. The number of hydrogen-bond acceptors (Lipinski definition) is 8. The summed E-state index contributed by atoms with van der Waals surface area (Å²) < 4.78 is 77.1. The second-order valence-corrected chi connectivity index (χ2v) is 17.3. The SMILES string of the molecule is CCC(/C=C1\Oc2ccc(-n3ccc4ccccc43)cc2N1CCCS(=O)(=O)O)=C\c1sc2ccc(-c3ccsc3)cc2[n+]1CCCS(=O)(=O)O. The zero-order chi connectivity index (χ0) is 35.8. The fourth-order valence-electron chi connectivity index (χ4n) is 6.31. The highest BCUT2D eigenvalue weighted by atomic mass is 32.2. The normalized spacial score (nSPS) is 14.5. The minimum Gasteiger partial charge on any atom is -0.439 e. The Balaban J connectivity index is 1.27. The maximum absolute atomic E-state index is 11.6. The van der Waals surface area contributed by atoms with Gasteiger partial charge in [0.15, 0.2) is 12.3 Å². The molecule has 0 saturated carbocycles. The number of ether oxygens (including phenoxy) is 1. The van der Waals surface area contributed by atoms with E-state index in [1.165, 1.54) is 0 Å². The van der Waals surface area contributed by atoms with Gasteiger partial charge in [-0.1, -0.05) is 42.5 Å². The molecule has 3 aromatic carbocycles. The minimum atomic E-state index is -4.16. The van der Waals surface area contributed by atoms with Gasteiger partial charge in [0.2, 0.25) is 11.4 Å². The molecule has 0 radical (unpaired) electrons. The first-order valence-corrected chi connectivity index (χ1v) is 21.4. The minimum absolute atomic E-state index is 0.178. The van der Waals surface area contributed by atoms with Crippen molar-refractivity contribution in [2.45, 2.75) is 32.7 Å². The first kappa shape index (κ1) is 35.1. The van der Waals surface area contributed by atoms with Gasteiger partial charge >= 0.3 is 0 Å². The zero-order valence-electron chi connectivity index (χ0n) is 27.7. The summed E-state index contributed by atoms with van der Waals surface area (Å²) >= 11 is 3.21. The summed E-state index contributed by atoms with van der Waals surface area (Å²) in [4.78, 5) is 1.94. The second-order valence-electron chi connectivity index (χ2n) is 12.3. The number of hydrogen-bond donors (Lipinski definition) is 2. The molecular formula is C37H36N3O7S4+. The third-order valence-electron chi connectivity index (χ3n) is 8.77. The lowest BCUT2D eigenvalue weighted by Crippen LogP contribution is -2.36. The summed E-state index contributed by atoms with van der Waals surface area (Å²) in [5.41, 5.74) is 6.82. The Morgan fingerprint density at radius 3 is 2.49 bits per heavy atom. The highest BCUT2D eigenvalue weighted by Crippen LogP contribution is 2.41. The fourth-order valence-corrected chi connectivity index (χ4v) is 9.10. The third-order valence-corrected chi connectivity index (χ3v) is 12.2. The third kappa shape index (κ3) is 7.96. The molecule has 264 valence electrons. The number of allylic oxidation sites excluding steroid dienone is 2. The smallest absolute Gasteiger partial charge is 0.265 e. The van der Waals surface area contributed by atoms with Gasteiger partial charge in [0.05, 0.1) is 22.7 Å². The van der Waals surface area contributed by atoms with E-state index in [-0.39, 0.29) is 30.9 Å². The molecular weight excluding hydrogens is 727 g/mol. The van der Waals surface area contributed by atoms with E-state index in [0.29, 0.717) is 24.6 Å². The Kier molecular flexibility index (Phi) is 9.89. The van der Waals surface area contributed by atoms with Crippen LogP contribution in [0, 0.1) is 0 Å². The summed E-state index contributed by atoms with van der Waals surface area (Å²) in [6.07, 6.45) is 7.08. The zero-order valence-corrected chi connectivity index (χ0v) is 30.9. The first-order chi connectivity index (χ1) is 24.5. The van der Waals surface area contributed by atoms with Gasteiger partial charge in [-0.3, -0.25) is 9.11 Å². The topological polar surface area (TPSA) is 130 Å². The molecule has 1 aliphatic heterocycles. The number of para-hydroxylation sites is 1. The number of nitrogens with zero attached hydrogens (tertiary/aromatic N) is 3. The average molecular weight is 763 g/mol. The van der Waals surface area contributed by atoms with Crippen LogP contribution in [0.1, 0.15) is 31.2 Å². The van der Waals surface area contributed by atoms with Crippen molar-refractivity contribution in [3.05, 3.63) is 112 Å². The summed E-state index contributed by atoms with van der Waals surface area (Å²) in [5.74, 6) is 0.429. The number of rotatable bonds is 13. The van der Waals surface area contributed by atoms with Gasteiger partial charge in [-0.15, -0.1) is 0 Å². The fraction of sp³-hybridized carbons (Fsp3) is 0.216. The van der Waals surface area contributed by atoms with Crippen LogP contribution in [0.5, 0.6) is 5.75 Å². The van der Waals surface area contributed by atoms with Gasteiger partial charge in [-0.2, -0.15) is 32.7 Å². The average Bonchev–Trinajstić information content (AvgIpc) is 3.89. The number of thiazole rings is 1. The highest BCUT2D eigenvalue weighted by Gasteiger charge is 2.28. The van der Waals surface area contributed by atoms with E-state index in [0.717, 1.165) is 54.2 Å². The molecule has 7 rings (SSSR count). The van der Waals surface area contributed by atoms with E-state index >= 15 is 0 Å². The van der Waals surface area contributed by atoms with Crippen molar-refractivity contribution in [3.8, 4) is 22.6 Å². The van der Waals surface area contributed by atoms with E-state index in [4.69, 9.17) is 4.74 Å². The predicted molar refractivity (Wildman–Crippen MR) is 205 cm³/mol. The molecule has 2 N–H and O–H groups in total. The lowest BCUT2D eigenvalue weighted by Gasteiger charge is -2.19. The number of aromatic nitrogens is 2. The van der Waals surface area contributed by atoms with Crippen LogP contribution in [0.3, 0.4) is 0 Å². The van der Waals surface area contributed by atoms with Crippen LogP contribution in [-0.2, 0) is 26.8 Å². The van der Waals surface area contributed by atoms with Crippen LogP contribution in [0.25, 0.3) is 44.0 Å². The van der Waals surface area contributed by atoms with Crippen molar-refractivity contribution in [2.24, 2.45) is 0 Å². The van der Waals surface area contributed by atoms with Crippen molar-refractivity contribution >= 4 is 75.8 Å². The van der Waals surface area contributed by atoms with Crippen LogP contribution in [0.2, 0.25) is 0 Å². The van der Waals surface area contributed by atoms with Gasteiger partial charge in [-0.25, -0.2) is 0 Å². The molecule has 0 spiro atoms. The predicted octanol–water partition coefficient (Wildman–Crippen LogP) is 7.95. The number of aryl methyl sites for hydroxylation is 1. The number of thiophene rings is 1. The molecule has 0 aliphatic carbocycles. The number of benzene rings is 3. The van der Waals surface area contributed by atoms with Gasteiger partial charge < -0.3 is 14.2 Å². The van der Waals surface area contributed by atoms with Crippen molar-refractivity contribution in [3.63, 3.8) is 0 Å². The van der Waals surface area contributed by atoms with Crippen LogP contribution in [-0.4, -0.2) is 48.6 Å². The van der Waals surface area contributed by atoms with Gasteiger partial charge in [-0.05, 0) is 88.2 Å². The van der Waals surface area contributed by atoms with Gasteiger partial charge in [0, 0.05) is 43.1 Å². The molecule has 10 nitrogen and oxygen atoms in total. The Hall–Kier alpha value is -4.31. The first-order valence-electron chi connectivity index (χ1n) is 16.4. The lowest BCUT2D eigenvalue weighted by atomic mass is 10.1. The molecule has 4 heterocycles. The number of fused-ring (bicyclic) bond motifs is 3. The summed E-state index contributed by atoms with van der Waals surface area (Å²) in [5, 5.41) is 6.13. The van der Waals surface area contributed by atoms with Crippen molar-refractivity contribution in [1.82, 2.24) is 4.57 Å². The molecule has 0 amide bonds. The number of anilines is 1. The molecule has 0 unspecified atom stereocenters. The van der Waals surface area contributed by atoms with Crippen LogP contribution in [0.15, 0.2) is 107 Å². The molecule has 0 saturated heterocycles. The summed E-state index contributed by atoms with van der Waals surface area (Å²) in [6.45, 7) is 2.70. The summed E-state index contributed by atoms with van der Waals surface area (Å²) in [7, 11) is -8.27. The van der Waals surface area contributed by atoms with Crippen LogP contribution < -0.4 is 14.2 Å². The Morgan fingerprint density at radius 1 is 0.922 bits per heavy atom. The molecule has 1 aliphatic rings. The maximum atomic E-state index is 11.6. The van der Waals surface area contributed by atoms with Crippen LogP contribution >= 0.6 is 22.7 Å². The second kappa shape index (κ2) is 14.4. The van der Waals surface area contributed by atoms with Gasteiger partial charge in [0.1, 0.15) is 4.70 Å². The van der Waals surface area contributed by atoms with E-state index < -0.39 is 20.2 Å². The standard InChI is InChI=1S/C37H35N3O7S4/c1-2-26(22-37-40(16-6-20-51(44,45)46)33-23-28(9-12-35(33)49-37)29-14-18-48-25-29)21-36-39(15-5-19-50(41,42)43)32-24-30(10-11-34(32)47-36)38-17-13-27-7-3-4-8-31(27)38/h3-4,7-14,17-18,21-25H,2,5-6,15-16,19-20H2,1H3,(H-,41,42,43,44,45,46)/p+1. The quantitative estimate of drug-likeness (QED) is 0.0896. The van der Waals surface area contributed by atoms with E-state index in [9.17, 15) is 25.9 Å². The van der Waals surface area contributed by atoms with E-state index in [1.54, 1.807) is 22.7 Å². The van der Waals surface area contributed by atoms with Crippen molar-refractivity contribution < 1.29 is 35.2 Å². The highest BCUT2D eigenvalue weighted by molar-refractivity contribution is 7.86. The molecule has 3 aromatic heterocycles. The maximum Gasteiger partial charge on any atom is 0.265 e. The molecule has 0 bridgehead atoms. The molecule has 51 heavy (non-hydrogen) atoms. The summed E-state index contributed by atoms with van der Waals surface area (Å²) in [6, 6.07) is 24.4. The Morgan fingerprint density at radius 2 is 1.73 bits per heavy atom. The Labute approximate surface area is 304 Å². The molecule has 6 aromatic rings. The van der Waals surface area contributed by atoms with E-state index in [1.807, 2.05) is 59.8 Å². The lowest BCUT2D eigenvalue weighted by molar-refractivity contribution is -0.668. The Bertz CT molecular complexity index is 2520. The van der Waals surface area contributed by atoms with E-state index in [2.05, 4.69) is 63.1 Å². The van der Waals surface area contributed by atoms with Crippen LogP contribution in [0.4, 0.5) is 5.69 Å².